The van der Waals surface area contributed by atoms with Crippen molar-refractivity contribution in [2.45, 2.75) is 6.18 Å². The van der Waals surface area contributed by atoms with Crippen molar-refractivity contribution >= 4 is 22.6 Å². The van der Waals surface area contributed by atoms with Crippen LogP contribution in [0.3, 0.4) is 0 Å². The third kappa shape index (κ3) is 5.07. The summed E-state index contributed by atoms with van der Waals surface area (Å²) in [6.45, 7) is 0. The van der Waals surface area contributed by atoms with Gasteiger partial charge in [-0.1, -0.05) is 11.8 Å². The lowest BCUT2D eigenvalue weighted by atomic mass is 10.2. The standard InChI is InChI=1S/C16H9F6N3OS/c1-27-15(24-7-23)25-13-6-9(2-3-10(13)17)26-14-11(18)4-8(5-12(14)19)16(20,21)22/h2-6H,1H3,(H,24,25). The van der Waals surface area contributed by atoms with Crippen LogP contribution in [-0.4, -0.2) is 11.4 Å². The number of amidine groups is 1. The average Bonchev–Trinajstić information content (AvgIpc) is 2.59. The summed E-state index contributed by atoms with van der Waals surface area (Å²) >= 11 is 0.999. The van der Waals surface area contributed by atoms with Gasteiger partial charge >= 0.3 is 6.18 Å². The molecule has 0 unspecified atom stereocenters. The zero-order valence-corrected chi connectivity index (χ0v) is 14.2. The SMILES string of the molecule is CSC(=Nc1cc(Oc2c(F)cc(C(F)(F)F)cc2F)ccc1F)NC#N. The third-order valence-electron chi connectivity index (χ3n) is 3.04. The number of aliphatic imine (C=N–C) groups is 1. The molecule has 2 rings (SSSR count). The van der Waals surface area contributed by atoms with Gasteiger partial charge in [-0.05, 0) is 30.5 Å². The molecule has 0 bridgehead atoms. The van der Waals surface area contributed by atoms with E-state index in [1.54, 1.807) is 12.4 Å². The first kappa shape index (κ1) is 20.4. The smallest absolute Gasteiger partial charge is 0.416 e. The molecule has 2 aromatic carbocycles. The van der Waals surface area contributed by atoms with Crippen LogP contribution >= 0.6 is 11.8 Å². The van der Waals surface area contributed by atoms with Gasteiger partial charge in [-0.15, -0.1) is 0 Å². The molecule has 0 heterocycles. The molecule has 2 aromatic rings. The van der Waals surface area contributed by atoms with E-state index >= 15 is 0 Å². The Morgan fingerprint density at radius 2 is 1.74 bits per heavy atom. The first-order chi connectivity index (χ1) is 12.7. The summed E-state index contributed by atoms with van der Waals surface area (Å²) < 4.78 is 84.2. The van der Waals surface area contributed by atoms with Crippen molar-refractivity contribution in [3.05, 3.63) is 53.3 Å². The van der Waals surface area contributed by atoms with Crippen LogP contribution in [0.4, 0.5) is 32.0 Å². The molecule has 0 spiro atoms. The Kier molecular flexibility index (Phi) is 6.22. The minimum absolute atomic E-state index is 0.0421. The molecule has 0 aliphatic carbocycles. The summed E-state index contributed by atoms with van der Waals surface area (Å²) in [5.41, 5.74) is -1.83. The largest absolute Gasteiger partial charge is 0.451 e. The molecule has 0 amide bonds. The van der Waals surface area contributed by atoms with Gasteiger partial charge < -0.3 is 4.74 Å². The van der Waals surface area contributed by atoms with E-state index in [2.05, 4.69) is 10.3 Å². The number of nitrogens with one attached hydrogen (secondary N) is 1. The Hall–Kier alpha value is -2.87. The average molecular weight is 405 g/mol. The van der Waals surface area contributed by atoms with E-state index in [-0.39, 0.29) is 28.7 Å². The number of hydrogen-bond donors (Lipinski definition) is 1. The van der Waals surface area contributed by atoms with Crippen molar-refractivity contribution < 1.29 is 31.1 Å². The number of nitriles is 1. The first-order valence-electron chi connectivity index (χ1n) is 6.97. The Morgan fingerprint density at radius 1 is 1.11 bits per heavy atom. The molecule has 0 aliphatic rings. The maximum Gasteiger partial charge on any atom is 0.416 e. The van der Waals surface area contributed by atoms with E-state index in [9.17, 15) is 26.3 Å². The minimum atomic E-state index is -4.93. The van der Waals surface area contributed by atoms with Gasteiger partial charge in [0.1, 0.15) is 17.3 Å². The fourth-order valence-electron chi connectivity index (χ4n) is 1.86. The number of nitrogens with zero attached hydrogens (tertiary/aromatic N) is 2. The van der Waals surface area contributed by atoms with Gasteiger partial charge in [0.05, 0.1) is 5.56 Å². The van der Waals surface area contributed by atoms with Crippen LogP contribution in [0.5, 0.6) is 11.5 Å². The van der Waals surface area contributed by atoms with Crippen LogP contribution in [-0.2, 0) is 6.18 Å². The molecule has 0 fully saturated rings. The lowest BCUT2D eigenvalue weighted by Gasteiger charge is -2.12. The zero-order valence-electron chi connectivity index (χ0n) is 13.4. The summed E-state index contributed by atoms with van der Waals surface area (Å²) in [6.07, 6.45) is -1.77. The normalized spacial score (nSPS) is 11.9. The monoisotopic (exact) mass is 405 g/mol. The highest BCUT2D eigenvalue weighted by molar-refractivity contribution is 8.13. The summed E-state index contributed by atoms with van der Waals surface area (Å²) in [5.74, 6) is -5.32. The third-order valence-corrected chi connectivity index (χ3v) is 3.62. The molecule has 142 valence electrons. The van der Waals surface area contributed by atoms with Crippen LogP contribution in [0.15, 0.2) is 35.3 Å². The number of ether oxygens (including phenoxy) is 1. The molecular weight excluding hydrogens is 396 g/mol. The number of halogens is 6. The van der Waals surface area contributed by atoms with Crippen LogP contribution in [0.25, 0.3) is 0 Å². The highest BCUT2D eigenvalue weighted by atomic mass is 32.2. The molecule has 27 heavy (non-hydrogen) atoms. The van der Waals surface area contributed by atoms with E-state index in [4.69, 9.17) is 10.00 Å². The van der Waals surface area contributed by atoms with Crippen molar-refractivity contribution in [3.63, 3.8) is 0 Å². The second-order valence-electron chi connectivity index (χ2n) is 4.84. The molecule has 11 heteroatoms. The predicted molar refractivity (Wildman–Crippen MR) is 87.2 cm³/mol. The van der Waals surface area contributed by atoms with Gasteiger partial charge in [0.25, 0.3) is 0 Å². The fourth-order valence-corrected chi connectivity index (χ4v) is 2.20. The Bertz CT molecular complexity index is 900. The highest BCUT2D eigenvalue weighted by Crippen LogP contribution is 2.36. The Labute approximate surface area is 153 Å². The lowest BCUT2D eigenvalue weighted by molar-refractivity contribution is -0.138. The fraction of sp³-hybridized carbons (Fsp3) is 0.125. The summed E-state index contributed by atoms with van der Waals surface area (Å²) in [4.78, 5) is 3.81. The van der Waals surface area contributed by atoms with Crippen LogP contribution in [0, 0.1) is 28.9 Å². The van der Waals surface area contributed by atoms with Crippen LogP contribution in [0.1, 0.15) is 5.56 Å². The van der Waals surface area contributed by atoms with E-state index in [1.165, 1.54) is 0 Å². The number of rotatable bonds is 3. The molecule has 4 nitrogen and oxygen atoms in total. The van der Waals surface area contributed by atoms with E-state index in [0.717, 1.165) is 30.0 Å². The van der Waals surface area contributed by atoms with Crippen molar-refractivity contribution in [3.8, 4) is 17.7 Å². The lowest BCUT2D eigenvalue weighted by Crippen LogP contribution is -2.12. The van der Waals surface area contributed by atoms with Gasteiger partial charge in [-0.3, -0.25) is 5.32 Å². The number of benzene rings is 2. The van der Waals surface area contributed by atoms with Crippen molar-refractivity contribution in [1.29, 1.82) is 5.26 Å². The number of hydrogen-bond acceptors (Lipinski definition) is 4. The van der Waals surface area contributed by atoms with Crippen molar-refractivity contribution in [2.24, 2.45) is 4.99 Å². The Morgan fingerprint density at radius 3 is 2.26 bits per heavy atom. The zero-order chi connectivity index (χ0) is 20.2. The molecule has 0 atom stereocenters. The molecule has 0 radical (unpaired) electrons. The molecule has 1 N–H and O–H groups in total. The summed E-state index contributed by atoms with van der Waals surface area (Å²) in [6, 6.07) is 3.05. The molecule has 0 aliphatic heterocycles. The van der Waals surface area contributed by atoms with E-state index in [0.29, 0.717) is 0 Å². The quantitative estimate of drug-likeness (QED) is 0.246. The second kappa shape index (κ2) is 8.22. The molecule has 0 saturated carbocycles. The molecule has 0 saturated heterocycles. The van der Waals surface area contributed by atoms with Gasteiger partial charge in [-0.2, -0.15) is 18.4 Å². The summed E-state index contributed by atoms with van der Waals surface area (Å²) in [5, 5.41) is 10.8. The predicted octanol–water partition coefficient (Wildman–Crippen LogP) is 5.34. The van der Waals surface area contributed by atoms with Crippen LogP contribution in [0.2, 0.25) is 0 Å². The highest BCUT2D eigenvalue weighted by Gasteiger charge is 2.33. The van der Waals surface area contributed by atoms with E-state index < -0.39 is 34.9 Å². The topological polar surface area (TPSA) is 57.4 Å². The van der Waals surface area contributed by atoms with Gasteiger partial charge in [-0.25, -0.2) is 18.2 Å². The van der Waals surface area contributed by atoms with Crippen molar-refractivity contribution in [2.75, 3.05) is 6.26 Å². The minimum Gasteiger partial charge on any atom is -0.451 e. The van der Waals surface area contributed by atoms with Crippen molar-refractivity contribution in [1.82, 2.24) is 5.32 Å². The number of alkyl halides is 3. The van der Waals surface area contributed by atoms with E-state index in [1.807, 2.05) is 0 Å². The maximum absolute atomic E-state index is 13.9. The first-order valence-corrected chi connectivity index (χ1v) is 8.19. The maximum atomic E-state index is 13.9. The molecular formula is C16H9F6N3OS. The number of thioether (sulfide) groups is 1. The van der Waals surface area contributed by atoms with Crippen LogP contribution < -0.4 is 10.1 Å². The summed E-state index contributed by atoms with van der Waals surface area (Å²) in [7, 11) is 0. The van der Waals surface area contributed by atoms with Gasteiger partial charge in [0, 0.05) is 6.07 Å². The van der Waals surface area contributed by atoms with Gasteiger partial charge in [0.2, 0.25) is 0 Å². The second-order valence-corrected chi connectivity index (χ2v) is 5.63. The van der Waals surface area contributed by atoms with Gasteiger partial charge in [0.15, 0.2) is 28.7 Å². The molecule has 0 aromatic heterocycles. The Balaban J connectivity index is 2.39.